The molecule has 1 amide bonds. The third-order valence-corrected chi connectivity index (χ3v) is 5.22. The van der Waals surface area contributed by atoms with Crippen LogP contribution in [0.1, 0.15) is 12.8 Å². The number of halogens is 1. The van der Waals surface area contributed by atoms with Crippen molar-refractivity contribution < 1.29 is 24.2 Å². The van der Waals surface area contributed by atoms with Gasteiger partial charge in [-0.1, -0.05) is 11.6 Å². The lowest BCUT2D eigenvalue weighted by Crippen LogP contribution is -2.40. The van der Waals surface area contributed by atoms with E-state index in [0.29, 0.717) is 43.4 Å². The molecule has 0 bridgehead atoms. The van der Waals surface area contributed by atoms with Gasteiger partial charge >= 0.3 is 5.97 Å². The Labute approximate surface area is 145 Å². The molecular weight excluding hydrogens is 334 g/mol. The lowest BCUT2D eigenvalue weighted by molar-refractivity contribution is -0.146. The molecule has 6 nitrogen and oxygen atoms in total. The summed E-state index contributed by atoms with van der Waals surface area (Å²) in [7, 11) is 0. The number of hydrogen-bond donors (Lipinski definition) is 1. The van der Waals surface area contributed by atoms with E-state index in [0.717, 1.165) is 0 Å². The van der Waals surface area contributed by atoms with Crippen molar-refractivity contribution >= 4 is 23.5 Å². The third-order valence-electron chi connectivity index (χ3n) is 4.96. The Morgan fingerprint density at radius 3 is 2.58 bits per heavy atom. The van der Waals surface area contributed by atoms with Crippen LogP contribution in [0.2, 0.25) is 5.02 Å². The van der Waals surface area contributed by atoms with Gasteiger partial charge in [0.25, 0.3) is 5.91 Å². The van der Waals surface area contributed by atoms with Crippen molar-refractivity contribution in [3.63, 3.8) is 0 Å². The van der Waals surface area contributed by atoms with E-state index in [4.69, 9.17) is 21.1 Å². The number of ether oxygens (including phenoxy) is 2. The fourth-order valence-corrected chi connectivity index (χ4v) is 3.68. The van der Waals surface area contributed by atoms with Gasteiger partial charge in [-0.25, -0.2) is 0 Å². The predicted octanol–water partition coefficient (Wildman–Crippen LogP) is 2.06. The molecule has 2 saturated heterocycles. The fraction of sp³-hybridized carbons (Fsp3) is 0.529. The number of likely N-dealkylation sites (tertiary alicyclic amines) is 1. The number of carboxylic acids is 1. The Kier molecular flexibility index (Phi) is 4.96. The number of benzene rings is 1. The highest BCUT2D eigenvalue weighted by atomic mass is 35.5. The standard InChI is InChI=1S/C17H20ClNO5/c18-12-1-3-13(4-2-12)24-10-15(20)19-9-14(16(21)22)17(11-19)5-7-23-8-6-17/h1-4,14H,5-11H2,(H,21,22). The van der Waals surface area contributed by atoms with Crippen LogP contribution in [0.4, 0.5) is 0 Å². The van der Waals surface area contributed by atoms with Crippen molar-refractivity contribution in [1.82, 2.24) is 4.90 Å². The van der Waals surface area contributed by atoms with Gasteiger partial charge in [0.1, 0.15) is 5.75 Å². The van der Waals surface area contributed by atoms with E-state index in [1.54, 1.807) is 29.2 Å². The van der Waals surface area contributed by atoms with E-state index in [-0.39, 0.29) is 24.5 Å². The van der Waals surface area contributed by atoms with Gasteiger partial charge < -0.3 is 19.5 Å². The Bertz CT molecular complexity index is 612. The van der Waals surface area contributed by atoms with Crippen LogP contribution in [0.5, 0.6) is 5.75 Å². The van der Waals surface area contributed by atoms with Gasteiger partial charge in [-0.2, -0.15) is 0 Å². The van der Waals surface area contributed by atoms with Gasteiger partial charge in [0.05, 0.1) is 5.92 Å². The molecular formula is C17H20ClNO5. The molecule has 1 aromatic carbocycles. The lowest BCUT2D eigenvalue weighted by atomic mass is 9.72. The molecule has 2 aliphatic rings. The van der Waals surface area contributed by atoms with Crippen LogP contribution in [0.15, 0.2) is 24.3 Å². The second-order valence-corrected chi connectivity index (χ2v) is 6.82. The first-order valence-corrected chi connectivity index (χ1v) is 8.35. The van der Waals surface area contributed by atoms with Gasteiger partial charge in [-0.3, -0.25) is 9.59 Å². The van der Waals surface area contributed by atoms with Crippen molar-refractivity contribution in [1.29, 1.82) is 0 Å². The van der Waals surface area contributed by atoms with Crippen LogP contribution >= 0.6 is 11.6 Å². The van der Waals surface area contributed by atoms with E-state index in [2.05, 4.69) is 0 Å². The summed E-state index contributed by atoms with van der Waals surface area (Å²) in [5.41, 5.74) is -0.375. The van der Waals surface area contributed by atoms with E-state index in [1.165, 1.54) is 0 Å². The number of carbonyl (C=O) groups is 2. The Hall–Kier alpha value is -1.79. The lowest BCUT2D eigenvalue weighted by Gasteiger charge is -2.36. The van der Waals surface area contributed by atoms with E-state index in [9.17, 15) is 14.7 Å². The smallest absolute Gasteiger partial charge is 0.308 e. The molecule has 2 heterocycles. The predicted molar refractivity (Wildman–Crippen MR) is 87.1 cm³/mol. The molecule has 7 heteroatoms. The average Bonchev–Trinajstić information content (AvgIpc) is 2.94. The minimum Gasteiger partial charge on any atom is -0.484 e. The number of aliphatic carboxylic acids is 1. The molecule has 1 unspecified atom stereocenters. The summed E-state index contributed by atoms with van der Waals surface area (Å²) in [6, 6.07) is 6.77. The monoisotopic (exact) mass is 353 g/mol. The first-order chi connectivity index (χ1) is 11.5. The van der Waals surface area contributed by atoms with Gasteiger partial charge in [-0.15, -0.1) is 0 Å². The first kappa shape index (κ1) is 17.0. The molecule has 0 saturated carbocycles. The molecule has 0 aromatic heterocycles. The molecule has 24 heavy (non-hydrogen) atoms. The van der Waals surface area contributed by atoms with Crippen molar-refractivity contribution in [3.8, 4) is 5.75 Å². The largest absolute Gasteiger partial charge is 0.484 e. The quantitative estimate of drug-likeness (QED) is 0.896. The molecule has 1 atom stereocenters. The van der Waals surface area contributed by atoms with Crippen LogP contribution in [0.25, 0.3) is 0 Å². The number of hydrogen-bond acceptors (Lipinski definition) is 4. The topological polar surface area (TPSA) is 76.1 Å². The van der Waals surface area contributed by atoms with Crippen LogP contribution in [0.3, 0.4) is 0 Å². The number of rotatable bonds is 4. The van der Waals surface area contributed by atoms with Gasteiger partial charge in [-0.05, 0) is 37.1 Å². The normalized spacial score (nSPS) is 22.5. The maximum absolute atomic E-state index is 12.4. The average molecular weight is 354 g/mol. The summed E-state index contributed by atoms with van der Waals surface area (Å²) in [4.78, 5) is 25.7. The van der Waals surface area contributed by atoms with Crippen LogP contribution in [-0.2, 0) is 14.3 Å². The van der Waals surface area contributed by atoms with Crippen molar-refractivity contribution in [2.75, 3.05) is 32.9 Å². The summed E-state index contributed by atoms with van der Waals surface area (Å²) in [6.07, 6.45) is 1.34. The second-order valence-electron chi connectivity index (χ2n) is 6.38. The summed E-state index contributed by atoms with van der Waals surface area (Å²) in [6.45, 7) is 1.68. The van der Waals surface area contributed by atoms with Crippen molar-refractivity contribution in [2.45, 2.75) is 12.8 Å². The maximum atomic E-state index is 12.4. The maximum Gasteiger partial charge on any atom is 0.308 e. The zero-order valence-corrected chi connectivity index (χ0v) is 14.0. The highest BCUT2D eigenvalue weighted by Gasteiger charge is 2.51. The summed E-state index contributed by atoms with van der Waals surface area (Å²) < 4.78 is 10.8. The molecule has 130 valence electrons. The van der Waals surface area contributed by atoms with Crippen LogP contribution in [-0.4, -0.2) is 54.8 Å². The molecule has 1 aromatic rings. The Morgan fingerprint density at radius 2 is 1.96 bits per heavy atom. The van der Waals surface area contributed by atoms with Crippen molar-refractivity contribution in [3.05, 3.63) is 29.3 Å². The molecule has 2 fully saturated rings. The first-order valence-electron chi connectivity index (χ1n) is 7.97. The third kappa shape index (κ3) is 3.49. The van der Waals surface area contributed by atoms with Crippen LogP contribution in [0, 0.1) is 11.3 Å². The molecule has 0 aliphatic carbocycles. The molecule has 3 rings (SSSR count). The fourth-order valence-electron chi connectivity index (χ4n) is 3.55. The zero-order chi connectivity index (χ0) is 17.2. The van der Waals surface area contributed by atoms with Gasteiger partial charge in [0.15, 0.2) is 6.61 Å². The molecule has 2 aliphatic heterocycles. The Morgan fingerprint density at radius 1 is 1.29 bits per heavy atom. The number of amides is 1. The highest BCUT2D eigenvalue weighted by Crippen LogP contribution is 2.44. The highest BCUT2D eigenvalue weighted by molar-refractivity contribution is 6.30. The second kappa shape index (κ2) is 6.99. The van der Waals surface area contributed by atoms with Crippen LogP contribution < -0.4 is 4.74 Å². The minimum atomic E-state index is -0.842. The van der Waals surface area contributed by atoms with Gasteiger partial charge in [0.2, 0.25) is 0 Å². The Balaban J connectivity index is 1.63. The number of nitrogens with zero attached hydrogens (tertiary/aromatic N) is 1. The summed E-state index contributed by atoms with van der Waals surface area (Å²) in [5.74, 6) is -1.02. The van der Waals surface area contributed by atoms with E-state index >= 15 is 0 Å². The van der Waals surface area contributed by atoms with Gasteiger partial charge in [0, 0.05) is 36.7 Å². The number of carbonyl (C=O) groups excluding carboxylic acids is 1. The van der Waals surface area contributed by atoms with E-state index in [1.807, 2.05) is 0 Å². The summed E-state index contributed by atoms with van der Waals surface area (Å²) in [5, 5.41) is 10.1. The minimum absolute atomic E-state index is 0.111. The molecule has 0 radical (unpaired) electrons. The zero-order valence-electron chi connectivity index (χ0n) is 13.2. The SMILES string of the molecule is O=C(O)C1CN(C(=O)COc2ccc(Cl)cc2)CC12CCOCC2. The summed E-state index contributed by atoms with van der Waals surface area (Å²) >= 11 is 5.81. The molecule has 1 spiro atoms. The van der Waals surface area contributed by atoms with Crippen molar-refractivity contribution in [2.24, 2.45) is 11.3 Å². The number of carboxylic acid groups (broad SMARTS) is 1. The van der Waals surface area contributed by atoms with E-state index < -0.39 is 11.9 Å². The molecule has 1 N–H and O–H groups in total.